The Morgan fingerprint density at radius 2 is 1.85 bits per heavy atom. The minimum atomic E-state index is -1.29. The van der Waals surface area contributed by atoms with Gasteiger partial charge in [0.05, 0.1) is 20.5 Å². The third-order valence-corrected chi connectivity index (χ3v) is 4.18. The lowest BCUT2D eigenvalue weighted by molar-refractivity contribution is -0.174. The fourth-order valence-corrected chi connectivity index (χ4v) is 3.18. The van der Waals surface area contributed by atoms with Crippen LogP contribution in [0.3, 0.4) is 0 Å². The Bertz CT molecular complexity index is 441. The van der Waals surface area contributed by atoms with Crippen molar-refractivity contribution in [3.63, 3.8) is 0 Å². The first kappa shape index (κ1) is 14.6. The molecule has 0 radical (unpaired) electrons. The number of carbonyl (C=O) groups excluding carboxylic acids is 2. The number of methoxy groups -OCH3 is 2. The van der Waals surface area contributed by atoms with Gasteiger partial charge in [0.2, 0.25) is 0 Å². The maximum atomic E-state index is 12.4. The number of rotatable bonds is 5. The van der Waals surface area contributed by atoms with Crippen LogP contribution in [0.25, 0.3) is 0 Å². The SMILES string of the molecule is COC(=O)C(Cc1ccco1)(C(=O)OC)C1CCCC1. The van der Waals surface area contributed by atoms with E-state index in [1.807, 2.05) is 0 Å². The Hall–Kier alpha value is -1.78. The molecule has 1 aliphatic rings. The zero-order valence-corrected chi connectivity index (χ0v) is 11.9. The average molecular weight is 280 g/mol. The number of hydrogen-bond donors (Lipinski definition) is 0. The first-order chi connectivity index (χ1) is 9.65. The highest BCUT2D eigenvalue weighted by Crippen LogP contribution is 2.44. The molecule has 2 rings (SSSR count). The molecule has 0 unspecified atom stereocenters. The van der Waals surface area contributed by atoms with E-state index in [9.17, 15) is 9.59 Å². The Balaban J connectivity index is 2.41. The second-order valence-corrected chi connectivity index (χ2v) is 5.19. The van der Waals surface area contributed by atoms with Crippen LogP contribution in [-0.4, -0.2) is 26.2 Å². The van der Waals surface area contributed by atoms with Gasteiger partial charge in [-0.05, 0) is 30.9 Å². The lowest BCUT2D eigenvalue weighted by Gasteiger charge is -2.32. The summed E-state index contributed by atoms with van der Waals surface area (Å²) in [6, 6.07) is 3.50. The number of furan rings is 1. The van der Waals surface area contributed by atoms with Crippen molar-refractivity contribution < 1.29 is 23.5 Å². The summed E-state index contributed by atoms with van der Waals surface area (Å²) in [5.41, 5.74) is -1.29. The van der Waals surface area contributed by atoms with Crippen molar-refractivity contribution in [2.24, 2.45) is 11.3 Å². The predicted molar refractivity (Wildman–Crippen MR) is 70.8 cm³/mol. The highest BCUT2D eigenvalue weighted by atomic mass is 16.5. The molecule has 0 aliphatic heterocycles. The molecule has 1 aromatic rings. The number of carbonyl (C=O) groups is 2. The van der Waals surface area contributed by atoms with Crippen molar-refractivity contribution in [2.75, 3.05) is 14.2 Å². The first-order valence-corrected chi connectivity index (χ1v) is 6.84. The van der Waals surface area contributed by atoms with Crippen LogP contribution >= 0.6 is 0 Å². The Labute approximate surface area is 118 Å². The molecule has 1 aliphatic carbocycles. The molecule has 0 saturated heterocycles. The van der Waals surface area contributed by atoms with E-state index >= 15 is 0 Å². The second kappa shape index (κ2) is 6.11. The van der Waals surface area contributed by atoms with E-state index in [1.54, 1.807) is 12.1 Å². The summed E-state index contributed by atoms with van der Waals surface area (Å²) in [6.45, 7) is 0. The van der Waals surface area contributed by atoms with Crippen LogP contribution in [0.1, 0.15) is 31.4 Å². The molecule has 0 N–H and O–H groups in total. The molecule has 1 aromatic heterocycles. The van der Waals surface area contributed by atoms with E-state index in [0.29, 0.717) is 5.76 Å². The molecule has 5 nitrogen and oxygen atoms in total. The lowest BCUT2D eigenvalue weighted by Crippen LogP contribution is -2.48. The topological polar surface area (TPSA) is 65.7 Å². The van der Waals surface area contributed by atoms with E-state index in [1.165, 1.54) is 20.5 Å². The fourth-order valence-electron chi connectivity index (χ4n) is 3.18. The molecule has 20 heavy (non-hydrogen) atoms. The smallest absolute Gasteiger partial charge is 0.323 e. The van der Waals surface area contributed by atoms with Gasteiger partial charge in [-0.3, -0.25) is 9.59 Å². The Morgan fingerprint density at radius 1 is 1.25 bits per heavy atom. The average Bonchev–Trinajstić information content (AvgIpc) is 3.15. The van der Waals surface area contributed by atoms with Gasteiger partial charge in [-0.1, -0.05) is 12.8 Å². The van der Waals surface area contributed by atoms with Crippen LogP contribution in [0, 0.1) is 11.3 Å². The van der Waals surface area contributed by atoms with Gasteiger partial charge in [0.1, 0.15) is 5.76 Å². The molecule has 0 aromatic carbocycles. The highest BCUT2D eigenvalue weighted by Gasteiger charge is 2.55. The Morgan fingerprint density at radius 3 is 2.30 bits per heavy atom. The van der Waals surface area contributed by atoms with Crippen LogP contribution < -0.4 is 0 Å². The zero-order chi connectivity index (χ0) is 14.6. The monoisotopic (exact) mass is 280 g/mol. The van der Waals surface area contributed by atoms with Crippen LogP contribution in [0.2, 0.25) is 0 Å². The van der Waals surface area contributed by atoms with Crippen molar-refractivity contribution in [2.45, 2.75) is 32.1 Å². The van der Waals surface area contributed by atoms with Crippen molar-refractivity contribution in [1.82, 2.24) is 0 Å². The normalized spacial score (nSPS) is 16.1. The highest BCUT2D eigenvalue weighted by molar-refractivity contribution is 6.00. The summed E-state index contributed by atoms with van der Waals surface area (Å²) < 4.78 is 15.2. The minimum Gasteiger partial charge on any atom is -0.469 e. The standard InChI is InChI=1S/C15H20O5/c1-18-13(16)15(14(17)19-2,11-6-3-4-7-11)10-12-8-5-9-20-12/h5,8-9,11H,3-4,6-7,10H2,1-2H3. The van der Waals surface area contributed by atoms with E-state index in [2.05, 4.69) is 0 Å². The summed E-state index contributed by atoms with van der Waals surface area (Å²) >= 11 is 0. The van der Waals surface area contributed by atoms with Gasteiger partial charge in [-0.2, -0.15) is 0 Å². The third-order valence-electron chi connectivity index (χ3n) is 4.18. The van der Waals surface area contributed by atoms with Crippen LogP contribution in [-0.2, 0) is 25.5 Å². The van der Waals surface area contributed by atoms with Gasteiger partial charge < -0.3 is 13.9 Å². The van der Waals surface area contributed by atoms with Gasteiger partial charge in [-0.25, -0.2) is 0 Å². The summed E-state index contributed by atoms with van der Waals surface area (Å²) in [4.78, 5) is 24.8. The van der Waals surface area contributed by atoms with Crippen molar-refractivity contribution >= 4 is 11.9 Å². The minimum absolute atomic E-state index is 0.0625. The molecule has 0 atom stereocenters. The Kier molecular flexibility index (Phi) is 4.47. The molecule has 110 valence electrons. The molecule has 0 spiro atoms. The lowest BCUT2D eigenvalue weighted by atomic mass is 9.71. The number of ether oxygens (including phenoxy) is 2. The summed E-state index contributed by atoms with van der Waals surface area (Å²) in [6.07, 6.45) is 5.39. The summed E-state index contributed by atoms with van der Waals surface area (Å²) in [7, 11) is 2.61. The van der Waals surface area contributed by atoms with Crippen molar-refractivity contribution in [1.29, 1.82) is 0 Å². The molecule has 5 heteroatoms. The maximum absolute atomic E-state index is 12.4. The van der Waals surface area contributed by atoms with E-state index in [0.717, 1.165) is 25.7 Å². The zero-order valence-electron chi connectivity index (χ0n) is 11.9. The van der Waals surface area contributed by atoms with Crippen molar-refractivity contribution in [3.05, 3.63) is 24.2 Å². The van der Waals surface area contributed by atoms with Gasteiger partial charge in [0.25, 0.3) is 0 Å². The van der Waals surface area contributed by atoms with E-state index in [-0.39, 0.29) is 12.3 Å². The number of hydrogen-bond acceptors (Lipinski definition) is 5. The molecule has 0 amide bonds. The third kappa shape index (κ3) is 2.44. The van der Waals surface area contributed by atoms with Gasteiger partial charge >= 0.3 is 11.9 Å². The molecule has 0 bridgehead atoms. The quantitative estimate of drug-likeness (QED) is 0.612. The van der Waals surface area contributed by atoms with E-state index < -0.39 is 17.4 Å². The fraction of sp³-hybridized carbons (Fsp3) is 0.600. The van der Waals surface area contributed by atoms with Gasteiger partial charge in [0.15, 0.2) is 5.41 Å². The van der Waals surface area contributed by atoms with Crippen LogP contribution in [0.4, 0.5) is 0 Å². The molecular formula is C15H20O5. The molecule has 1 fully saturated rings. The summed E-state index contributed by atoms with van der Waals surface area (Å²) in [5, 5.41) is 0. The van der Waals surface area contributed by atoms with Crippen molar-refractivity contribution in [3.8, 4) is 0 Å². The predicted octanol–water partition coefficient (Wildman–Crippen LogP) is 2.34. The second-order valence-electron chi connectivity index (χ2n) is 5.19. The molecule has 1 saturated carbocycles. The van der Waals surface area contributed by atoms with Crippen LogP contribution in [0.15, 0.2) is 22.8 Å². The maximum Gasteiger partial charge on any atom is 0.323 e. The van der Waals surface area contributed by atoms with Crippen LogP contribution in [0.5, 0.6) is 0 Å². The molecular weight excluding hydrogens is 260 g/mol. The summed E-state index contributed by atoms with van der Waals surface area (Å²) in [5.74, 6) is -0.541. The van der Waals surface area contributed by atoms with Gasteiger partial charge in [0, 0.05) is 6.42 Å². The number of esters is 2. The van der Waals surface area contributed by atoms with E-state index in [4.69, 9.17) is 13.9 Å². The van der Waals surface area contributed by atoms with Gasteiger partial charge in [-0.15, -0.1) is 0 Å². The first-order valence-electron chi connectivity index (χ1n) is 6.84. The largest absolute Gasteiger partial charge is 0.469 e. The molecule has 1 heterocycles.